The number of nitrogens with zero attached hydrogens (tertiary/aromatic N) is 1. The first-order chi connectivity index (χ1) is 12.3. The van der Waals surface area contributed by atoms with Crippen LogP contribution in [0.15, 0.2) is 54.6 Å². The molecule has 0 bridgehead atoms. The van der Waals surface area contributed by atoms with Gasteiger partial charge in [-0.1, -0.05) is 43.7 Å². The molecule has 1 N–H and O–H groups in total. The van der Waals surface area contributed by atoms with Gasteiger partial charge in [0.2, 0.25) is 0 Å². The van der Waals surface area contributed by atoms with E-state index in [4.69, 9.17) is 4.74 Å². The summed E-state index contributed by atoms with van der Waals surface area (Å²) in [6, 6.07) is 18.3. The van der Waals surface area contributed by atoms with Gasteiger partial charge in [0.15, 0.2) is 6.23 Å². The van der Waals surface area contributed by atoms with E-state index in [9.17, 15) is 5.11 Å². The molecule has 2 unspecified atom stereocenters. The van der Waals surface area contributed by atoms with Gasteiger partial charge in [-0.3, -0.25) is 4.90 Å². The second-order valence-electron chi connectivity index (χ2n) is 6.89. The minimum Gasteiger partial charge on any atom is -0.508 e. The van der Waals surface area contributed by atoms with Crippen molar-refractivity contribution in [2.45, 2.75) is 57.7 Å². The molecule has 134 valence electrons. The molecule has 2 aromatic carbocycles. The number of benzene rings is 2. The van der Waals surface area contributed by atoms with Crippen LogP contribution in [0.2, 0.25) is 0 Å². The molecule has 0 aromatic heterocycles. The molecule has 1 fully saturated rings. The van der Waals surface area contributed by atoms with E-state index in [-0.39, 0.29) is 6.23 Å². The summed E-state index contributed by atoms with van der Waals surface area (Å²) in [5.74, 6) is 1.29. The number of phenolic OH excluding ortho intramolecular Hbond substituents is 1. The third kappa shape index (κ3) is 4.99. The van der Waals surface area contributed by atoms with Gasteiger partial charge in [0.05, 0.1) is 0 Å². The summed E-state index contributed by atoms with van der Waals surface area (Å²) in [4.78, 5) is 2.57. The highest BCUT2D eigenvalue weighted by Crippen LogP contribution is 2.26. The van der Waals surface area contributed by atoms with E-state index in [0.29, 0.717) is 11.8 Å². The summed E-state index contributed by atoms with van der Waals surface area (Å²) in [5.41, 5.74) is 1.29. The molecule has 3 nitrogen and oxygen atoms in total. The largest absolute Gasteiger partial charge is 0.508 e. The molecule has 2 aromatic rings. The summed E-state index contributed by atoms with van der Waals surface area (Å²) in [5, 5.41) is 9.44. The number of rotatable bonds is 7. The molecular formula is C22H29NO2. The van der Waals surface area contributed by atoms with E-state index >= 15 is 0 Å². The summed E-state index contributed by atoms with van der Waals surface area (Å²) < 4.78 is 6.29. The van der Waals surface area contributed by atoms with Gasteiger partial charge in [0, 0.05) is 12.6 Å². The Kier molecular flexibility index (Phi) is 6.35. The van der Waals surface area contributed by atoms with Crippen molar-refractivity contribution in [3.8, 4) is 11.5 Å². The highest BCUT2D eigenvalue weighted by atomic mass is 16.5. The lowest BCUT2D eigenvalue weighted by Crippen LogP contribution is -2.48. The second-order valence-corrected chi connectivity index (χ2v) is 6.89. The Morgan fingerprint density at radius 1 is 1.08 bits per heavy atom. The van der Waals surface area contributed by atoms with Crippen LogP contribution >= 0.6 is 0 Å². The molecule has 0 spiro atoms. The van der Waals surface area contributed by atoms with E-state index in [1.807, 2.05) is 42.5 Å². The molecule has 3 rings (SSSR count). The molecule has 1 aliphatic heterocycles. The molecule has 1 saturated heterocycles. The number of para-hydroxylation sites is 1. The lowest BCUT2D eigenvalue weighted by molar-refractivity contribution is -0.0273. The summed E-state index contributed by atoms with van der Waals surface area (Å²) >= 11 is 0. The molecule has 3 heteroatoms. The second kappa shape index (κ2) is 8.91. The van der Waals surface area contributed by atoms with Crippen LogP contribution in [0.25, 0.3) is 0 Å². The van der Waals surface area contributed by atoms with Crippen LogP contribution in [0, 0.1) is 0 Å². The minimum absolute atomic E-state index is 0.146. The molecule has 0 saturated carbocycles. The molecule has 2 atom stereocenters. The van der Waals surface area contributed by atoms with Crippen LogP contribution in [-0.2, 0) is 6.42 Å². The zero-order chi connectivity index (χ0) is 17.5. The number of phenols is 1. The lowest BCUT2D eigenvalue weighted by Gasteiger charge is -2.40. The number of aromatic hydroxyl groups is 1. The first-order valence-electron chi connectivity index (χ1n) is 9.51. The van der Waals surface area contributed by atoms with E-state index in [0.717, 1.165) is 31.6 Å². The lowest BCUT2D eigenvalue weighted by atomic mass is 9.95. The fraction of sp³-hybridized carbons (Fsp3) is 0.455. The molecule has 1 heterocycles. The number of hydrogen-bond acceptors (Lipinski definition) is 3. The molecule has 25 heavy (non-hydrogen) atoms. The van der Waals surface area contributed by atoms with Crippen molar-refractivity contribution in [3.05, 3.63) is 60.2 Å². The fourth-order valence-corrected chi connectivity index (χ4v) is 3.75. The minimum atomic E-state index is 0.146. The number of hydrogen-bond donors (Lipinski definition) is 1. The Labute approximate surface area is 151 Å². The Morgan fingerprint density at radius 3 is 2.56 bits per heavy atom. The molecular weight excluding hydrogens is 310 g/mol. The van der Waals surface area contributed by atoms with Crippen molar-refractivity contribution in [2.75, 3.05) is 6.54 Å². The maximum Gasteiger partial charge on any atom is 0.152 e. The number of likely N-dealkylation sites (tertiary alicyclic amines) is 1. The highest BCUT2D eigenvalue weighted by molar-refractivity contribution is 5.26. The zero-order valence-electron chi connectivity index (χ0n) is 15.1. The maximum absolute atomic E-state index is 9.44. The van der Waals surface area contributed by atoms with Crippen LogP contribution in [0.4, 0.5) is 0 Å². The SMILES string of the molecule is CCC(Oc1ccccc1)N1CCCCC1CCc1ccc(O)cc1. The molecule has 0 aliphatic carbocycles. The Hall–Kier alpha value is -2.00. The van der Waals surface area contributed by atoms with Crippen LogP contribution in [-0.4, -0.2) is 28.8 Å². The average Bonchev–Trinajstić information content (AvgIpc) is 2.67. The third-order valence-electron chi connectivity index (χ3n) is 5.11. The number of aryl methyl sites for hydroxylation is 1. The quantitative estimate of drug-likeness (QED) is 0.771. The predicted molar refractivity (Wildman–Crippen MR) is 102 cm³/mol. The summed E-state index contributed by atoms with van der Waals surface area (Å²) in [6.45, 7) is 3.32. The van der Waals surface area contributed by atoms with Crippen LogP contribution in [0.1, 0.15) is 44.6 Å². The van der Waals surface area contributed by atoms with Crippen molar-refractivity contribution in [3.63, 3.8) is 0 Å². The van der Waals surface area contributed by atoms with Crippen molar-refractivity contribution in [2.24, 2.45) is 0 Å². The van der Waals surface area contributed by atoms with Crippen LogP contribution in [0.5, 0.6) is 11.5 Å². The molecule has 0 amide bonds. The van der Waals surface area contributed by atoms with Crippen molar-refractivity contribution >= 4 is 0 Å². The number of piperidine rings is 1. The first kappa shape index (κ1) is 17.8. The number of ether oxygens (including phenoxy) is 1. The monoisotopic (exact) mass is 339 g/mol. The van der Waals surface area contributed by atoms with Crippen molar-refractivity contribution < 1.29 is 9.84 Å². The molecule has 0 radical (unpaired) electrons. The Morgan fingerprint density at radius 2 is 1.84 bits per heavy atom. The maximum atomic E-state index is 9.44. The van der Waals surface area contributed by atoms with Gasteiger partial charge in [-0.15, -0.1) is 0 Å². The van der Waals surface area contributed by atoms with Crippen molar-refractivity contribution in [1.82, 2.24) is 4.90 Å². The van der Waals surface area contributed by atoms with E-state index in [1.54, 1.807) is 12.1 Å². The topological polar surface area (TPSA) is 32.7 Å². The van der Waals surface area contributed by atoms with Gasteiger partial charge >= 0.3 is 0 Å². The van der Waals surface area contributed by atoms with Gasteiger partial charge < -0.3 is 9.84 Å². The zero-order valence-corrected chi connectivity index (χ0v) is 15.1. The average molecular weight is 339 g/mol. The fourth-order valence-electron chi connectivity index (χ4n) is 3.75. The highest BCUT2D eigenvalue weighted by Gasteiger charge is 2.28. The van der Waals surface area contributed by atoms with Gasteiger partial charge in [0.25, 0.3) is 0 Å². The summed E-state index contributed by atoms with van der Waals surface area (Å²) in [7, 11) is 0. The van der Waals surface area contributed by atoms with Gasteiger partial charge in [0.1, 0.15) is 11.5 Å². The van der Waals surface area contributed by atoms with Crippen molar-refractivity contribution in [1.29, 1.82) is 0 Å². The normalized spacial score (nSPS) is 19.5. The van der Waals surface area contributed by atoms with E-state index in [1.165, 1.54) is 24.8 Å². The first-order valence-corrected chi connectivity index (χ1v) is 9.51. The smallest absolute Gasteiger partial charge is 0.152 e. The summed E-state index contributed by atoms with van der Waals surface area (Å²) in [6.07, 6.45) is 7.12. The van der Waals surface area contributed by atoms with E-state index in [2.05, 4.69) is 11.8 Å². The van der Waals surface area contributed by atoms with E-state index < -0.39 is 0 Å². The standard InChI is InChI=1S/C22H29NO2/c1-2-22(25-21-9-4-3-5-10-21)23-17-7-6-8-19(23)14-11-18-12-15-20(24)16-13-18/h3-5,9-10,12-13,15-16,19,22,24H,2,6-8,11,14,17H2,1H3. The van der Waals surface area contributed by atoms with Gasteiger partial charge in [-0.2, -0.15) is 0 Å². The van der Waals surface area contributed by atoms with Crippen LogP contribution in [0.3, 0.4) is 0 Å². The molecule has 1 aliphatic rings. The van der Waals surface area contributed by atoms with Gasteiger partial charge in [-0.05, 0) is 61.9 Å². The Bertz CT molecular complexity index is 626. The third-order valence-corrected chi connectivity index (χ3v) is 5.11. The van der Waals surface area contributed by atoms with Crippen LogP contribution < -0.4 is 4.74 Å². The Balaban J connectivity index is 1.63. The van der Waals surface area contributed by atoms with Gasteiger partial charge in [-0.25, -0.2) is 0 Å². The predicted octanol–water partition coefficient (Wildman–Crippen LogP) is 4.99.